The molecule has 0 unspecified atom stereocenters. The van der Waals surface area contributed by atoms with Gasteiger partial charge in [-0.25, -0.2) is 13.1 Å². The van der Waals surface area contributed by atoms with Crippen molar-refractivity contribution >= 4 is 15.9 Å². The van der Waals surface area contributed by atoms with Crippen molar-refractivity contribution in [3.8, 4) is 5.75 Å². The highest BCUT2D eigenvalue weighted by Crippen LogP contribution is 2.35. The molecule has 1 amide bonds. The number of aliphatic hydroxyl groups excluding tert-OH is 1. The van der Waals surface area contributed by atoms with Gasteiger partial charge in [-0.3, -0.25) is 14.6 Å². The van der Waals surface area contributed by atoms with Crippen molar-refractivity contribution in [3.05, 3.63) is 23.8 Å². The molecule has 2 N–H and O–H groups in total. The standard InChI is InChI=1S/C27H44N4O5S/c1-4-5-6-7-12-30-18-24-26(19-30)36-25-15-22(21-10-13-31(14-11-21)20(2)32)8-9-27(25)37(34,35)28-16-23(33)17-29(24)3/h8-9,15,21,23-24,26,28,33H,4-7,10-14,16-19H2,1-3H3/t23-,24+,26-/m0/s1. The van der Waals surface area contributed by atoms with Gasteiger partial charge in [0.15, 0.2) is 0 Å². The van der Waals surface area contributed by atoms with E-state index in [9.17, 15) is 18.3 Å². The van der Waals surface area contributed by atoms with Crippen LogP contribution in [0.3, 0.4) is 0 Å². The normalized spacial score (nSPS) is 27.7. The number of nitrogens with zero attached hydrogens (tertiary/aromatic N) is 3. The van der Waals surface area contributed by atoms with Crippen LogP contribution in [0.5, 0.6) is 5.75 Å². The molecule has 3 aliphatic heterocycles. The molecule has 2 fully saturated rings. The number of unbranched alkanes of at least 4 members (excludes halogenated alkanes) is 3. The second kappa shape index (κ2) is 12.4. The lowest BCUT2D eigenvalue weighted by Gasteiger charge is -2.32. The van der Waals surface area contributed by atoms with Gasteiger partial charge < -0.3 is 14.7 Å². The third-order valence-electron chi connectivity index (χ3n) is 8.16. The van der Waals surface area contributed by atoms with Crippen molar-refractivity contribution in [2.45, 2.75) is 81.4 Å². The Morgan fingerprint density at radius 3 is 2.59 bits per heavy atom. The summed E-state index contributed by atoms with van der Waals surface area (Å²) in [4.78, 5) is 18.3. The second-order valence-electron chi connectivity index (χ2n) is 11.0. The first-order valence-corrected chi connectivity index (χ1v) is 15.3. The first-order valence-electron chi connectivity index (χ1n) is 13.8. The number of hydrogen-bond acceptors (Lipinski definition) is 7. The van der Waals surface area contributed by atoms with E-state index in [2.05, 4.69) is 21.4 Å². The first-order chi connectivity index (χ1) is 17.7. The van der Waals surface area contributed by atoms with Gasteiger partial charge in [0.1, 0.15) is 16.7 Å². The van der Waals surface area contributed by atoms with Crippen molar-refractivity contribution in [1.82, 2.24) is 19.4 Å². The fraction of sp³-hybridized carbons (Fsp3) is 0.741. The van der Waals surface area contributed by atoms with E-state index < -0.39 is 16.1 Å². The number of nitrogens with one attached hydrogen (secondary N) is 1. The Morgan fingerprint density at radius 2 is 1.89 bits per heavy atom. The highest BCUT2D eigenvalue weighted by Gasteiger charge is 2.39. The SMILES string of the molecule is CCCCCCN1C[C@@H]2Oc3cc(C4CCN(C(C)=O)CC4)ccc3S(=O)(=O)NC[C@H](O)CN(C)[C@@H]2C1. The number of hydrogen-bond donors (Lipinski definition) is 2. The van der Waals surface area contributed by atoms with Crippen LogP contribution >= 0.6 is 0 Å². The molecule has 3 heterocycles. The number of fused-ring (bicyclic) bond motifs is 2. The highest BCUT2D eigenvalue weighted by atomic mass is 32.2. The molecule has 37 heavy (non-hydrogen) atoms. The van der Waals surface area contributed by atoms with Crippen LogP contribution in [0.25, 0.3) is 0 Å². The number of carbonyl (C=O) groups excluding carboxylic acids is 1. The van der Waals surface area contributed by atoms with Gasteiger partial charge in [0.2, 0.25) is 15.9 Å². The maximum Gasteiger partial charge on any atom is 0.244 e. The van der Waals surface area contributed by atoms with E-state index in [4.69, 9.17) is 4.74 Å². The van der Waals surface area contributed by atoms with Gasteiger partial charge in [0, 0.05) is 46.2 Å². The van der Waals surface area contributed by atoms with Crippen molar-refractivity contribution in [2.24, 2.45) is 0 Å². The zero-order valence-electron chi connectivity index (χ0n) is 22.6. The van der Waals surface area contributed by atoms with E-state index in [1.54, 1.807) is 13.0 Å². The van der Waals surface area contributed by atoms with Crippen LogP contribution in [-0.2, 0) is 14.8 Å². The Kier molecular flexibility index (Phi) is 9.50. The quantitative estimate of drug-likeness (QED) is 0.536. The van der Waals surface area contributed by atoms with Gasteiger partial charge in [-0.15, -0.1) is 0 Å². The van der Waals surface area contributed by atoms with Crippen LogP contribution in [0.15, 0.2) is 23.1 Å². The lowest BCUT2D eigenvalue weighted by Crippen LogP contribution is -2.47. The fourth-order valence-electron chi connectivity index (χ4n) is 5.92. The summed E-state index contributed by atoms with van der Waals surface area (Å²) < 4.78 is 35.7. The molecule has 9 nitrogen and oxygen atoms in total. The van der Waals surface area contributed by atoms with Crippen molar-refractivity contribution < 1.29 is 23.1 Å². The molecule has 0 aliphatic carbocycles. The van der Waals surface area contributed by atoms with Gasteiger partial charge in [-0.1, -0.05) is 32.3 Å². The minimum absolute atomic E-state index is 0.0461. The van der Waals surface area contributed by atoms with Crippen LogP contribution in [0.1, 0.15) is 63.9 Å². The zero-order valence-corrected chi connectivity index (χ0v) is 23.4. The number of amides is 1. The van der Waals surface area contributed by atoms with Crippen LogP contribution in [-0.4, -0.2) is 105 Å². The number of rotatable bonds is 6. The molecule has 3 aliphatic rings. The van der Waals surface area contributed by atoms with Gasteiger partial charge in [-0.2, -0.15) is 0 Å². The minimum Gasteiger partial charge on any atom is -0.486 e. The zero-order chi connectivity index (χ0) is 26.6. The molecular formula is C27H44N4O5S. The molecule has 2 saturated heterocycles. The molecule has 0 bridgehead atoms. The Hall–Kier alpha value is -1.72. The smallest absolute Gasteiger partial charge is 0.244 e. The van der Waals surface area contributed by atoms with E-state index in [0.717, 1.165) is 44.5 Å². The van der Waals surface area contributed by atoms with Crippen LogP contribution in [0, 0.1) is 0 Å². The summed E-state index contributed by atoms with van der Waals surface area (Å²) in [6.45, 7) is 8.10. The van der Waals surface area contributed by atoms with E-state index in [1.807, 2.05) is 24.1 Å². The number of piperidine rings is 1. The summed E-state index contributed by atoms with van der Waals surface area (Å²) in [5.41, 5.74) is 1.05. The van der Waals surface area contributed by atoms with Gasteiger partial charge >= 0.3 is 0 Å². The number of aliphatic hydroxyl groups is 1. The van der Waals surface area contributed by atoms with E-state index in [-0.39, 0.29) is 35.4 Å². The molecule has 0 saturated carbocycles. The van der Waals surface area contributed by atoms with Crippen LogP contribution in [0.4, 0.5) is 0 Å². The molecule has 0 radical (unpaired) electrons. The van der Waals surface area contributed by atoms with Gasteiger partial charge in [0.05, 0.1) is 12.1 Å². The van der Waals surface area contributed by atoms with Crippen molar-refractivity contribution in [1.29, 1.82) is 0 Å². The number of likely N-dealkylation sites (N-methyl/N-ethyl adjacent to an activating group) is 1. The van der Waals surface area contributed by atoms with E-state index in [0.29, 0.717) is 25.4 Å². The summed E-state index contributed by atoms with van der Waals surface area (Å²) in [6.07, 6.45) is 5.44. The average molecular weight is 537 g/mol. The molecule has 0 aromatic heterocycles. The summed E-state index contributed by atoms with van der Waals surface area (Å²) in [7, 11) is -1.87. The molecule has 3 atom stereocenters. The first kappa shape index (κ1) is 28.3. The minimum atomic E-state index is -3.86. The van der Waals surface area contributed by atoms with Crippen molar-refractivity contribution in [2.75, 3.05) is 52.9 Å². The van der Waals surface area contributed by atoms with Gasteiger partial charge in [0.25, 0.3) is 0 Å². The second-order valence-corrected chi connectivity index (χ2v) is 12.7. The topological polar surface area (TPSA) is 102 Å². The Labute approximate surface area is 222 Å². The molecular weight excluding hydrogens is 492 g/mol. The molecule has 0 spiro atoms. The van der Waals surface area contributed by atoms with Crippen LogP contribution in [0.2, 0.25) is 0 Å². The Balaban J connectivity index is 1.60. The summed E-state index contributed by atoms with van der Waals surface area (Å²) in [5.74, 6) is 0.724. The van der Waals surface area contributed by atoms with Gasteiger partial charge in [-0.05, 0) is 56.5 Å². The largest absolute Gasteiger partial charge is 0.486 e. The lowest BCUT2D eigenvalue weighted by atomic mass is 9.89. The maximum atomic E-state index is 13.2. The number of benzene rings is 1. The predicted octanol–water partition coefficient (Wildman–Crippen LogP) is 2.01. The van der Waals surface area contributed by atoms with Crippen LogP contribution < -0.4 is 9.46 Å². The molecule has 1 aromatic carbocycles. The monoisotopic (exact) mass is 536 g/mol. The summed E-state index contributed by atoms with van der Waals surface area (Å²) in [6, 6.07) is 5.48. The van der Waals surface area contributed by atoms with E-state index >= 15 is 0 Å². The Morgan fingerprint density at radius 1 is 1.14 bits per heavy atom. The third kappa shape index (κ3) is 7.03. The highest BCUT2D eigenvalue weighted by molar-refractivity contribution is 7.89. The number of ether oxygens (including phenoxy) is 1. The summed E-state index contributed by atoms with van der Waals surface area (Å²) in [5, 5.41) is 10.6. The predicted molar refractivity (Wildman–Crippen MR) is 143 cm³/mol. The van der Waals surface area contributed by atoms with Crippen molar-refractivity contribution in [3.63, 3.8) is 0 Å². The van der Waals surface area contributed by atoms with E-state index in [1.165, 1.54) is 19.3 Å². The number of β-amino-alcohol motifs (C(OH)–C–C–N with tert-alkyl or cyclic N) is 1. The molecule has 4 rings (SSSR count). The lowest BCUT2D eigenvalue weighted by molar-refractivity contribution is -0.129. The molecule has 1 aromatic rings. The molecule has 208 valence electrons. The molecule has 10 heteroatoms. The average Bonchev–Trinajstić information content (AvgIpc) is 3.27. The fourth-order valence-corrected chi connectivity index (χ4v) is 7.10. The third-order valence-corrected chi connectivity index (χ3v) is 9.62. The Bertz CT molecular complexity index is 1030. The number of sulfonamides is 1. The summed E-state index contributed by atoms with van der Waals surface area (Å²) >= 11 is 0. The maximum absolute atomic E-state index is 13.2. The number of carbonyl (C=O) groups is 1. The number of likely N-dealkylation sites (tertiary alicyclic amines) is 2.